The van der Waals surface area contributed by atoms with Gasteiger partial charge < -0.3 is 4.57 Å². The van der Waals surface area contributed by atoms with E-state index in [-0.39, 0.29) is 0 Å². The first-order valence-corrected chi connectivity index (χ1v) is 6.34. The average molecular weight is 206 g/mol. The van der Waals surface area contributed by atoms with Gasteiger partial charge in [-0.15, -0.1) is 0 Å². The fourth-order valence-electron chi connectivity index (χ4n) is 2.84. The first-order chi connectivity index (χ1) is 7.27. The van der Waals surface area contributed by atoms with Crippen molar-refractivity contribution in [2.45, 2.75) is 65.3 Å². The second-order valence-corrected chi connectivity index (χ2v) is 4.60. The molecule has 84 valence electrons. The summed E-state index contributed by atoms with van der Waals surface area (Å²) in [4.78, 5) is 4.73. The highest BCUT2D eigenvalue weighted by Gasteiger charge is 2.21. The number of hydrogen-bond acceptors (Lipinski definition) is 1. The van der Waals surface area contributed by atoms with Gasteiger partial charge in [0.05, 0.1) is 5.69 Å². The van der Waals surface area contributed by atoms with Crippen LogP contribution < -0.4 is 0 Å². The quantitative estimate of drug-likeness (QED) is 0.741. The summed E-state index contributed by atoms with van der Waals surface area (Å²) < 4.78 is 2.51. The molecule has 0 atom stereocenters. The summed E-state index contributed by atoms with van der Waals surface area (Å²) in [7, 11) is 0. The normalized spacial score (nSPS) is 15.7. The Morgan fingerprint density at radius 3 is 2.53 bits per heavy atom. The summed E-state index contributed by atoms with van der Waals surface area (Å²) in [5, 5.41) is 0. The number of nitrogens with zero attached hydrogens (tertiary/aromatic N) is 2. The second kappa shape index (κ2) is 4.38. The number of rotatable bonds is 3. The Kier molecular flexibility index (Phi) is 3.13. The van der Waals surface area contributed by atoms with E-state index in [9.17, 15) is 0 Å². The summed E-state index contributed by atoms with van der Waals surface area (Å²) in [6, 6.07) is 0.666. The van der Waals surface area contributed by atoms with Crippen molar-refractivity contribution in [1.29, 1.82) is 0 Å². The minimum absolute atomic E-state index is 0.666. The molecule has 0 radical (unpaired) electrons. The molecule has 1 aliphatic rings. The highest BCUT2D eigenvalue weighted by atomic mass is 15.1. The van der Waals surface area contributed by atoms with Crippen molar-refractivity contribution in [3.63, 3.8) is 0 Å². The average Bonchev–Trinajstić information content (AvgIpc) is 2.58. The van der Waals surface area contributed by atoms with Crippen molar-refractivity contribution in [1.82, 2.24) is 9.55 Å². The fraction of sp³-hybridized carbons (Fsp3) is 0.769. The lowest BCUT2D eigenvalue weighted by Gasteiger charge is -2.21. The van der Waals surface area contributed by atoms with E-state index in [1.54, 1.807) is 0 Å². The van der Waals surface area contributed by atoms with Crippen LogP contribution in [-0.2, 0) is 12.8 Å². The molecule has 1 aliphatic carbocycles. The van der Waals surface area contributed by atoms with Crippen molar-refractivity contribution in [2.24, 2.45) is 0 Å². The number of imidazole rings is 1. The molecule has 0 saturated carbocycles. The maximum absolute atomic E-state index is 4.73. The van der Waals surface area contributed by atoms with Gasteiger partial charge in [-0.1, -0.05) is 13.8 Å². The molecule has 0 amide bonds. The van der Waals surface area contributed by atoms with E-state index in [1.807, 2.05) is 0 Å². The number of aromatic nitrogens is 2. The molecule has 1 heterocycles. The predicted molar refractivity (Wildman–Crippen MR) is 63.2 cm³/mol. The SMILES string of the molecule is CCC(CC)n1c(C)nc2c1CCCC2. The summed E-state index contributed by atoms with van der Waals surface area (Å²) in [6.45, 7) is 6.72. The number of fused-ring (bicyclic) bond motifs is 1. The summed E-state index contributed by atoms with van der Waals surface area (Å²) in [5.74, 6) is 1.23. The molecule has 2 nitrogen and oxygen atoms in total. The third-order valence-corrected chi connectivity index (χ3v) is 3.65. The lowest BCUT2D eigenvalue weighted by Crippen LogP contribution is -2.14. The molecule has 0 aromatic carbocycles. The lowest BCUT2D eigenvalue weighted by atomic mass is 10.00. The van der Waals surface area contributed by atoms with Crippen LogP contribution in [0, 0.1) is 6.92 Å². The minimum Gasteiger partial charge on any atom is -0.329 e. The first kappa shape index (κ1) is 10.7. The van der Waals surface area contributed by atoms with Gasteiger partial charge in [-0.05, 0) is 45.4 Å². The van der Waals surface area contributed by atoms with Crippen LogP contribution in [0.15, 0.2) is 0 Å². The molecule has 0 fully saturated rings. The molecular weight excluding hydrogens is 184 g/mol. The van der Waals surface area contributed by atoms with Gasteiger partial charge in [0.2, 0.25) is 0 Å². The van der Waals surface area contributed by atoms with Gasteiger partial charge in [0.25, 0.3) is 0 Å². The molecule has 0 unspecified atom stereocenters. The van der Waals surface area contributed by atoms with Crippen LogP contribution in [0.3, 0.4) is 0 Å². The maximum Gasteiger partial charge on any atom is 0.106 e. The molecule has 2 heteroatoms. The number of hydrogen-bond donors (Lipinski definition) is 0. The van der Waals surface area contributed by atoms with Crippen molar-refractivity contribution in [3.05, 3.63) is 17.2 Å². The van der Waals surface area contributed by atoms with E-state index in [0.717, 1.165) is 0 Å². The molecule has 0 bridgehead atoms. The van der Waals surface area contributed by atoms with Crippen molar-refractivity contribution < 1.29 is 0 Å². The molecular formula is C13H22N2. The first-order valence-electron chi connectivity index (χ1n) is 6.34. The standard InChI is InChI=1S/C13H22N2/c1-4-11(5-2)15-10(3)14-12-8-6-7-9-13(12)15/h11H,4-9H2,1-3H3. The van der Waals surface area contributed by atoms with Crippen LogP contribution in [0.2, 0.25) is 0 Å². The van der Waals surface area contributed by atoms with Crippen molar-refractivity contribution in [2.75, 3.05) is 0 Å². The Hall–Kier alpha value is -0.790. The zero-order valence-electron chi connectivity index (χ0n) is 10.2. The minimum atomic E-state index is 0.666. The Labute approximate surface area is 92.7 Å². The van der Waals surface area contributed by atoms with Crippen LogP contribution in [0.1, 0.15) is 62.8 Å². The lowest BCUT2D eigenvalue weighted by molar-refractivity contribution is 0.441. The smallest absolute Gasteiger partial charge is 0.106 e. The Morgan fingerprint density at radius 2 is 1.87 bits per heavy atom. The van der Waals surface area contributed by atoms with Gasteiger partial charge in [0, 0.05) is 11.7 Å². The zero-order valence-corrected chi connectivity index (χ0v) is 10.2. The molecule has 1 aromatic heterocycles. The van der Waals surface area contributed by atoms with E-state index in [2.05, 4.69) is 25.3 Å². The third kappa shape index (κ3) is 1.82. The molecule has 1 aromatic rings. The highest BCUT2D eigenvalue weighted by molar-refractivity contribution is 5.20. The summed E-state index contributed by atoms with van der Waals surface area (Å²) >= 11 is 0. The van der Waals surface area contributed by atoms with E-state index in [1.165, 1.54) is 55.7 Å². The van der Waals surface area contributed by atoms with Crippen LogP contribution in [0.5, 0.6) is 0 Å². The maximum atomic E-state index is 4.73. The van der Waals surface area contributed by atoms with E-state index >= 15 is 0 Å². The molecule has 0 N–H and O–H groups in total. The third-order valence-electron chi connectivity index (χ3n) is 3.65. The van der Waals surface area contributed by atoms with E-state index in [0.29, 0.717) is 6.04 Å². The van der Waals surface area contributed by atoms with Gasteiger partial charge in [-0.25, -0.2) is 4.98 Å². The molecule has 0 aliphatic heterocycles. The Balaban J connectivity index is 2.40. The predicted octanol–water partition coefficient (Wildman–Crippen LogP) is 3.43. The molecule has 15 heavy (non-hydrogen) atoms. The summed E-state index contributed by atoms with van der Waals surface area (Å²) in [6.07, 6.45) is 7.56. The van der Waals surface area contributed by atoms with Crippen LogP contribution in [0.25, 0.3) is 0 Å². The van der Waals surface area contributed by atoms with Crippen molar-refractivity contribution >= 4 is 0 Å². The summed E-state index contributed by atoms with van der Waals surface area (Å²) in [5.41, 5.74) is 2.91. The molecule has 0 saturated heterocycles. The molecule has 2 rings (SSSR count). The Bertz CT molecular complexity index is 335. The Morgan fingerprint density at radius 1 is 1.20 bits per heavy atom. The van der Waals surface area contributed by atoms with Gasteiger partial charge in [-0.2, -0.15) is 0 Å². The highest BCUT2D eigenvalue weighted by Crippen LogP contribution is 2.27. The topological polar surface area (TPSA) is 17.8 Å². The second-order valence-electron chi connectivity index (χ2n) is 4.60. The monoisotopic (exact) mass is 206 g/mol. The van der Waals surface area contributed by atoms with Gasteiger partial charge in [-0.3, -0.25) is 0 Å². The van der Waals surface area contributed by atoms with Gasteiger partial charge >= 0.3 is 0 Å². The zero-order chi connectivity index (χ0) is 10.8. The molecule has 0 spiro atoms. The van der Waals surface area contributed by atoms with Gasteiger partial charge in [0.1, 0.15) is 5.82 Å². The van der Waals surface area contributed by atoms with Crippen LogP contribution >= 0.6 is 0 Å². The number of aryl methyl sites for hydroxylation is 2. The fourth-order valence-corrected chi connectivity index (χ4v) is 2.84. The van der Waals surface area contributed by atoms with Crippen LogP contribution in [0.4, 0.5) is 0 Å². The van der Waals surface area contributed by atoms with E-state index in [4.69, 9.17) is 4.98 Å². The largest absolute Gasteiger partial charge is 0.329 e. The van der Waals surface area contributed by atoms with Gasteiger partial charge in [0.15, 0.2) is 0 Å². The van der Waals surface area contributed by atoms with Crippen molar-refractivity contribution in [3.8, 4) is 0 Å². The van der Waals surface area contributed by atoms with E-state index < -0.39 is 0 Å². The van der Waals surface area contributed by atoms with Crippen LogP contribution in [-0.4, -0.2) is 9.55 Å².